The molecule has 1 saturated heterocycles. The van der Waals surface area contributed by atoms with Gasteiger partial charge in [-0.1, -0.05) is 27.7 Å². The normalized spacial score (nSPS) is 22.7. The summed E-state index contributed by atoms with van der Waals surface area (Å²) >= 11 is 0. The van der Waals surface area contributed by atoms with Crippen molar-refractivity contribution in [1.82, 2.24) is 15.5 Å². The predicted octanol–water partition coefficient (Wildman–Crippen LogP) is 2.16. The van der Waals surface area contributed by atoms with Gasteiger partial charge in [-0.25, -0.2) is 13.2 Å². The highest BCUT2D eigenvalue weighted by Gasteiger charge is 2.54. The van der Waals surface area contributed by atoms with Gasteiger partial charge in [0.15, 0.2) is 11.6 Å². The van der Waals surface area contributed by atoms with Crippen LogP contribution in [0.15, 0.2) is 12.1 Å². The third kappa shape index (κ3) is 6.60. The Morgan fingerprint density at radius 2 is 1.68 bits per heavy atom. The Kier molecular flexibility index (Phi) is 8.84. The minimum Gasteiger partial charge on any atom is -0.351 e. The van der Waals surface area contributed by atoms with Crippen LogP contribution < -0.4 is 16.4 Å². The van der Waals surface area contributed by atoms with E-state index in [-0.39, 0.29) is 42.2 Å². The molecule has 0 radical (unpaired) electrons. The number of hydrogen-bond acceptors (Lipinski definition) is 5. The van der Waals surface area contributed by atoms with Crippen molar-refractivity contribution in [2.75, 3.05) is 0 Å². The van der Waals surface area contributed by atoms with Gasteiger partial charge in [-0.2, -0.15) is 5.26 Å². The summed E-state index contributed by atoms with van der Waals surface area (Å²) in [5.41, 5.74) is 5.69. The summed E-state index contributed by atoms with van der Waals surface area (Å²) in [6.07, 6.45) is 0.801. The number of nitriles is 1. The molecule has 2 fully saturated rings. The van der Waals surface area contributed by atoms with Gasteiger partial charge in [-0.15, -0.1) is 0 Å². The smallest absolute Gasteiger partial charge is 0.243 e. The molecule has 1 aromatic carbocycles. The van der Waals surface area contributed by atoms with E-state index in [2.05, 4.69) is 16.7 Å². The summed E-state index contributed by atoms with van der Waals surface area (Å²) < 4.78 is 41.8. The number of likely N-dealkylation sites (tertiary alicyclic amines) is 1. The van der Waals surface area contributed by atoms with Crippen molar-refractivity contribution in [2.45, 2.75) is 83.6 Å². The van der Waals surface area contributed by atoms with Gasteiger partial charge in [0.05, 0.1) is 12.1 Å². The minimum atomic E-state index is -1.35. The number of fused-ring (bicyclic) bond motifs is 1. The van der Waals surface area contributed by atoms with E-state index < -0.39 is 59.3 Å². The van der Waals surface area contributed by atoms with Crippen LogP contribution in [0.4, 0.5) is 13.2 Å². The average molecular weight is 522 g/mol. The second-order valence-corrected chi connectivity index (χ2v) is 10.7. The zero-order valence-electron chi connectivity index (χ0n) is 21.4. The fourth-order valence-electron chi connectivity index (χ4n) is 4.78. The van der Waals surface area contributed by atoms with Gasteiger partial charge in [-0.05, 0) is 48.6 Å². The van der Waals surface area contributed by atoms with Crippen LogP contribution in [0.25, 0.3) is 0 Å². The number of piperidine rings is 1. The molecule has 1 aliphatic heterocycles. The predicted molar refractivity (Wildman–Crippen MR) is 129 cm³/mol. The molecule has 5 unspecified atom stereocenters. The SMILES string of the molecule is CC(C)C(N)C(=O)NC(C(=O)N[C@@H](CC(=O)N1C(C#N)CC2CC21)Cc1cc(F)c(F)cc1F)C(C)C. The minimum absolute atomic E-state index is 0.0336. The third-order valence-corrected chi connectivity index (χ3v) is 7.13. The molecule has 0 spiro atoms. The molecular weight excluding hydrogens is 487 g/mol. The molecule has 0 aromatic heterocycles. The Bertz CT molecular complexity index is 1090. The number of amides is 3. The molecule has 202 valence electrons. The van der Waals surface area contributed by atoms with Gasteiger partial charge >= 0.3 is 0 Å². The average Bonchev–Trinajstić information content (AvgIpc) is 3.48. The first kappa shape index (κ1) is 28.4. The Hall–Kier alpha value is -3.13. The van der Waals surface area contributed by atoms with Crippen molar-refractivity contribution in [3.63, 3.8) is 0 Å². The van der Waals surface area contributed by atoms with Crippen LogP contribution in [0.3, 0.4) is 0 Å². The van der Waals surface area contributed by atoms with E-state index in [1.54, 1.807) is 27.7 Å². The zero-order valence-corrected chi connectivity index (χ0v) is 21.4. The van der Waals surface area contributed by atoms with Gasteiger partial charge in [0.2, 0.25) is 17.7 Å². The highest BCUT2D eigenvalue weighted by atomic mass is 19.2. The highest BCUT2D eigenvalue weighted by Crippen LogP contribution is 2.47. The first-order valence-corrected chi connectivity index (χ1v) is 12.5. The molecule has 8 nitrogen and oxygen atoms in total. The zero-order chi connectivity index (χ0) is 27.6. The molecule has 6 atom stereocenters. The molecule has 3 amide bonds. The summed E-state index contributed by atoms with van der Waals surface area (Å²) in [6, 6.07) is -0.226. The lowest BCUT2D eigenvalue weighted by Gasteiger charge is -2.29. The van der Waals surface area contributed by atoms with Crippen LogP contribution in [0, 0.1) is 46.5 Å². The Balaban J connectivity index is 1.81. The van der Waals surface area contributed by atoms with Crippen LogP contribution in [-0.4, -0.2) is 52.8 Å². The van der Waals surface area contributed by atoms with Gasteiger partial charge in [0.25, 0.3) is 0 Å². The van der Waals surface area contributed by atoms with E-state index in [1.807, 2.05) is 0 Å². The van der Waals surface area contributed by atoms with Gasteiger partial charge < -0.3 is 21.3 Å². The maximum Gasteiger partial charge on any atom is 0.243 e. The summed E-state index contributed by atoms with van der Waals surface area (Å²) in [6.45, 7) is 6.97. The van der Waals surface area contributed by atoms with Crippen molar-refractivity contribution in [2.24, 2.45) is 23.5 Å². The fraction of sp³-hybridized carbons (Fsp3) is 0.615. The van der Waals surface area contributed by atoms with Crippen LogP contribution >= 0.6 is 0 Å². The Morgan fingerprint density at radius 3 is 2.27 bits per heavy atom. The van der Waals surface area contributed by atoms with E-state index in [1.165, 1.54) is 4.90 Å². The fourth-order valence-corrected chi connectivity index (χ4v) is 4.78. The molecule has 1 aromatic rings. The summed E-state index contributed by atoms with van der Waals surface area (Å²) in [7, 11) is 0. The first-order valence-electron chi connectivity index (χ1n) is 12.5. The topological polar surface area (TPSA) is 128 Å². The molecule has 4 N–H and O–H groups in total. The van der Waals surface area contributed by atoms with E-state index in [4.69, 9.17) is 5.73 Å². The van der Waals surface area contributed by atoms with Gasteiger partial charge in [0.1, 0.15) is 17.9 Å². The Labute approximate surface area is 214 Å². The van der Waals surface area contributed by atoms with Gasteiger partial charge in [-0.3, -0.25) is 14.4 Å². The maximum atomic E-state index is 14.4. The lowest BCUT2D eigenvalue weighted by Crippen LogP contribution is -2.56. The van der Waals surface area contributed by atoms with E-state index in [0.717, 1.165) is 6.42 Å². The number of rotatable bonds is 10. The first-order chi connectivity index (χ1) is 17.3. The number of hydrogen-bond donors (Lipinski definition) is 3. The third-order valence-electron chi connectivity index (χ3n) is 7.13. The second kappa shape index (κ2) is 11.5. The summed E-state index contributed by atoms with van der Waals surface area (Å²) in [5, 5.41) is 14.8. The molecule has 1 heterocycles. The molecule has 3 rings (SSSR count). The van der Waals surface area contributed by atoms with Crippen molar-refractivity contribution in [3.05, 3.63) is 35.1 Å². The summed E-state index contributed by atoms with van der Waals surface area (Å²) in [5.74, 6) is -5.40. The van der Waals surface area contributed by atoms with Gasteiger partial charge in [0, 0.05) is 24.6 Å². The largest absolute Gasteiger partial charge is 0.351 e. The van der Waals surface area contributed by atoms with Crippen LogP contribution in [0.2, 0.25) is 0 Å². The van der Waals surface area contributed by atoms with Crippen molar-refractivity contribution in [1.29, 1.82) is 5.26 Å². The second-order valence-electron chi connectivity index (χ2n) is 10.7. The summed E-state index contributed by atoms with van der Waals surface area (Å²) in [4.78, 5) is 40.5. The molecule has 11 heteroatoms. The number of halogens is 3. The molecule has 2 aliphatic rings. The maximum absolute atomic E-state index is 14.4. The lowest BCUT2D eigenvalue weighted by molar-refractivity contribution is -0.134. The Morgan fingerprint density at radius 1 is 1.03 bits per heavy atom. The number of benzene rings is 1. The van der Waals surface area contributed by atoms with E-state index in [9.17, 15) is 32.8 Å². The van der Waals surface area contributed by atoms with Crippen LogP contribution in [-0.2, 0) is 20.8 Å². The quantitative estimate of drug-likeness (QED) is 0.407. The van der Waals surface area contributed by atoms with Crippen LogP contribution in [0.1, 0.15) is 52.5 Å². The number of carbonyl (C=O) groups excluding carboxylic acids is 3. The molecule has 1 saturated carbocycles. The van der Waals surface area contributed by atoms with Crippen molar-refractivity contribution < 1.29 is 27.6 Å². The standard InChI is InChI=1S/C26H34F3N5O3/c1-12(2)23(31)25(36)33-24(13(3)4)26(37)32-16(5-14-7-19(28)20(29)10-18(14)27)9-22(35)34-17(11-30)6-15-8-21(15)34/h7,10,12-13,15-17,21,23-24H,5-6,8-9,31H2,1-4H3,(H,32,37)(H,33,36)/t15?,16-,17?,21?,23?,24?/m1/s1. The number of nitrogens with zero attached hydrogens (tertiary/aromatic N) is 2. The van der Waals surface area contributed by atoms with Crippen molar-refractivity contribution >= 4 is 17.7 Å². The van der Waals surface area contributed by atoms with Crippen molar-refractivity contribution in [3.8, 4) is 6.07 Å². The number of nitrogens with two attached hydrogens (primary N) is 1. The van der Waals surface area contributed by atoms with E-state index in [0.29, 0.717) is 18.6 Å². The number of nitrogens with one attached hydrogen (secondary N) is 2. The molecular formula is C26H34F3N5O3. The molecule has 1 aliphatic carbocycles. The monoisotopic (exact) mass is 521 g/mol. The number of carbonyl (C=O) groups is 3. The lowest BCUT2D eigenvalue weighted by atomic mass is 9.98. The molecule has 0 bridgehead atoms. The molecule has 37 heavy (non-hydrogen) atoms. The highest BCUT2D eigenvalue weighted by molar-refractivity contribution is 5.90. The van der Waals surface area contributed by atoms with Crippen LogP contribution in [0.5, 0.6) is 0 Å². The van der Waals surface area contributed by atoms with E-state index >= 15 is 0 Å².